The number of ether oxygens (including phenoxy) is 1. The van der Waals surface area contributed by atoms with Gasteiger partial charge in [-0.25, -0.2) is 4.98 Å². The number of benzene rings is 11. The molecule has 87 heavy (non-hydrogen) atoms. The topological polar surface area (TPSA) is 40.1 Å². The standard InChI is InChI=1S/C80H60N5O.Pt/c1-79(2,3)54-41-42-81-76(46-54)85-73-40-37-57(84-71-34-16-14-29-65(71)66-30-15-17-35-72(66)84)48-70(73)67-39-38-59(49-75(67)85)86-58-24-18-23-56(47-58)82-50-83-77-60(53-43-52(51-21-8-7-9-22-51)44-55(45-53)80(4,5)6)31-19-32-68(77)63-27-12-10-25-61(63)62-26-11-13-28-64(62)69-33-20-36-74(82)78(69)83;/h7-46,48,50H,1-6H3;/q-3;. The molecule has 15 aromatic rings. The van der Waals surface area contributed by atoms with Gasteiger partial charge >= 0.3 is 0 Å². The van der Waals surface area contributed by atoms with Crippen LogP contribution in [0.25, 0.3) is 121 Å². The third kappa shape index (κ3) is 8.96. The molecule has 0 aliphatic carbocycles. The van der Waals surface area contributed by atoms with Crippen LogP contribution in [0.3, 0.4) is 0 Å². The number of pyridine rings is 1. The van der Waals surface area contributed by atoms with E-state index < -0.39 is 0 Å². The number of rotatable bonds is 7. The van der Waals surface area contributed by atoms with Gasteiger partial charge in [0.1, 0.15) is 5.82 Å². The Morgan fingerprint density at radius 1 is 0.402 bits per heavy atom. The number of hydrogen-bond donors (Lipinski definition) is 0. The summed E-state index contributed by atoms with van der Waals surface area (Å²) in [5, 5.41) is 11.6. The maximum absolute atomic E-state index is 6.97. The van der Waals surface area contributed by atoms with E-state index in [4.69, 9.17) is 9.72 Å². The maximum atomic E-state index is 6.97. The molecule has 0 amide bonds. The molecular formula is C80H60N5OPt-3. The third-order valence-corrected chi connectivity index (χ3v) is 17.5. The molecule has 0 saturated heterocycles. The molecule has 16 rings (SSSR count). The minimum atomic E-state index is -0.107. The van der Waals surface area contributed by atoms with E-state index in [1.54, 1.807) is 0 Å². The summed E-state index contributed by atoms with van der Waals surface area (Å²) in [4.78, 5) is 7.32. The Kier molecular flexibility index (Phi) is 12.8. The summed E-state index contributed by atoms with van der Waals surface area (Å²) in [7, 11) is 0. The Balaban J connectivity index is 0.00000638. The quantitative estimate of drug-likeness (QED) is 0.149. The number of aromatic nitrogens is 4. The zero-order chi connectivity index (χ0) is 58.0. The Morgan fingerprint density at radius 2 is 0.977 bits per heavy atom. The fourth-order valence-corrected chi connectivity index (χ4v) is 13.3. The van der Waals surface area contributed by atoms with E-state index in [1.165, 1.54) is 65.6 Å². The minimum Gasteiger partial charge on any atom is -0.509 e. The second-order valence-electron chi connectivity index (χ2n) is 24.9. The molecule has 0 unspecified atom stereocenters. The van der Waals surface area contributed by atoms with Crippen LogP contribution in [0.15, 0.2) is 249 Å². The third-order valence-electron chi connectivity index (χ3n) is 17.5. The zero-order valence-electron chi connectivity index (χ0n) is 49.2. The van der Waals surface area contributed by atoms with Crippen molar-refractivity contribution < 1.29 is 25.8 Å². The molecule has 0 atom stereocenters. The normalized spacial score (nSPS) is 12.5. The fraction of sp³-hybridized carbons (Fsp3) is 0.100. The first-order valence-electron chi connectivity index (χ1n) is 29.7. The predicted octanol–water partition coefficient (Wildman–Crippen LogP) is 21.3. The second-order valence-corrected chi connectivity index (χ2v) is 24.9. The van der Waals surface area contributed by atoms with Crippen LogP contribution in [0.1, 0.15) is 52.7 Å². The van der Waals surface area contributed by atoms with Crippen LogP contribution >= 0.6 is 0 Å². The molecule has 5 heterocycles. The summed E-state index contributed by atoms with van der Waals surface area (Å²) in [6.07, 6.45) is 1.92. The molecule has 7 heteroatoms. The summed E-state index contributed by atoms with van der Waals surface area (Å²) in [5.74, 6) is 1.97. The molecule has 0 spiro atoms. The molecule has 0 bridgehead atoms. The SMILES string of the molecule is CC(C)(C)c1cc(-c2ccccc2)cc(-c2cccc3c4ccccc4c4ccccc4c4cccc5c4n(c23)[CH-]N5c2[c-]c(Oc3[c-]c4c(cc3)c3cc(-n5c6ccccc6c6ccccc65)ccc3n4-c3cc(C(C)(C)C)ccn3)ccc2)c1.[Pt]. The van der Waals surface area contributed by atoms with E-state index in [-0.39, 0.29) is 31.9 Å². The van der Waals surface area contributed by atoms with Gasteiger partial charge in [-0.2, -0.15) is 12.1 Å². The molecule has 0 saturated carbocycles. The average molecular weight is 1300 g/mol. The number of hydrogen-bond acceptors (Lipinski definition) is 3. The number of para-hydroxylation sites is 4. The van der Waals surface area contributed by atoms with Gasteiger partial charge in [0, 0.05) is 66.4 Å². The van der Waals surface area contributed by atoms with Crippen molar-refractivity contribution in [3.8, 4) is 45.3 Å². The molecule has 0 fully saturated rings. The van der Waals surface area contributed by atoms with Crippen LogP contribution in [-0.2, 0) is 31.9 Å². The van der Waals surface area contributed by atoms with Gasteiger partial charge in [-0.05, 0) is 154 Å². The van der Waals surface area contributed by atoms with E-state index in [0.717, 1.165) is 77.6 Å². The van der Waals surface area contributed by atoms with Crippen LogP contribution in [0.2, 0.25) is 0 Å². The van der Waals surface area contributed by atoms with Crippen molar-refractivity contribution in [2.24, 2.45) is 0 Å². The average Bonchev–Trinajstić information content (AvgIpc) is 1.73. The number of nitrogens with zero attached hydrogens (tertiary/aromatic N) is 5. The van der Waals surface area contributed by atoms with Crippen LogP contribution in [0.4, 0.5) is 11.4 Å². The number of fused-ring (bicyclic) bond motifs is 13. The van der Waals surface area contributed by atoms with E-state index >= 15 is 0 Å². The van der Waals surface area contributed by atoms with Gasteiger partial charge in [0.25, 0.3) is 0 Å². The Labute approximate surface area is 520 Å². The first kappa shape index (κ1) is 53.8. The maximum Gasteiger partial charge on any atom is 0.135 e. The monoisotopic (exact) mass is 1300 g/mol. The first-order valence-corrected chi connectivity index (χ1v) is 29.7. The van der Waals surface area contributed by atoms with E-state index in [9.17, 15) is 0 Å². The molecule has 0 radical (unpaired) electrons. The largest absolute Gasteiger partial charge is 0.509 e. The second kappa shape index (κ2) is 20.7. The summed E-state index contributed by atoms with van der Waals surface area (Å²) in [5.41, 5.74) is 16.3. The molecule has 11 aromatic carbocycles. The molecule has 1 aliphatic rings. The first-order chi connectivity index (χ1) is 41.9. The van der Waals surface area contributed by atoms with Crippen LogP contribution in [0.5, 0.6) is 11.5 Å². The molecule has 424 valence electrons. The van der Waals surface area contributed by atoms with Crippen LogP contribution < -0.4 is 9.64 Å². The van der Waals surface area contributed by atoms with Crippen LogP contribution in [-0.4, -0.2) is 18.7 Å². The Hall–Kier alpha value is -9.87. The molecule has 0 N–H and O–H groups in total. The smallest absolute Gasteiger partial charge is 0.135 e. The van der Waals surface area contributed by atoms with Crippen molar-refractivity contribution in [1.82, 2.24) is 18.7 Å². The number of anilines is 2. The van der Waals surface area contributed by atoms with Gasteiger partial charge in [0.2, 0.25) is 0 Å². The van der Waals surface area contributed by atoms with Crippen molar-refractivity contribution in [2.45, 2.75) is 52.4 Å². The molecular weight excluding hydrogens is 1240 g/mol. The van der Waals surface area contributed by atoms with E-state index in [0.29, 0.717) is 11.5 Å². The van der Waals surface area contributed by atoms with Crippen molar-refractivity contribution in [3.63, 3.8) is 0 Å². The Bertz CT molecular complexity index is 5290. The van der Waals surface area contributed by atoms with Crippen molar-refractivity contribution in [2.75, 3.05) is 4.90 Å². The van der Waals surface area contributed by atoms with Gasteiger partial charge in [-0.1, -0.05) is 210 Å². The summed E-state index contributed by atoms with van der Waals surface area (Å²) >= 11 is 0. The zero-order valence-corrected chi connectivity index (χ0v) is 51.5. The predicted molar refractivity (Wildman–Crippen MR) is 359 cm³/mol. The summed E-state index contributed by atoms with van der Waals surface area (Å²) in [6.45, 7) is 15.9. The van der Waals surface area contributed by atoms with Gasteiger partial charge in [-0.3, -0.25) is 0 Å². The van der Waals surface area contributed by atoms with Crippen molar-refractivity contribution in [1.29, 1.82) is 0 Å². The molecule has 6 nitrogen and oxygen atoms in total. The molecule has 1 aliphatic heterocycles. The van der Waals surface area contributed by atoms with Crippen LogP contribution in [0, 0.1) is 18.8 Å². The van der Waals surface area contributed by atoms with Gasteiger partial charge in [0.05, 0.1) is 11.0 Å². The van der Waals surface area contributed by atoms with Gasteiger partial charge in [-0.15, -0.1) is 35.7 Å². The van der Waals surface area contributed by atoms with Crippen molar-refractivity contribution in [3.05, 3.63) is 279 Å². The van der Waals surface area contributed by atoms with Crippen molar-refractivity contribution >= 4 is 98.3 Å². The van der Waals surface area contributed by atoms with Gasteiger partial charge in [0.15, 0.2) is 0 Å². The fourth-order valence-electron chi connectivity index (χ4n) is 13.3. The summed E-state index contributed by atoms with van der Waals surface area (Å²) < 4.78 is 14.0. The van der Waals surface area contributed by atoms with Gasteiger partial charge < -0.3 is 23.3 Å². The minimum absolute atomic E-state index is 0. The van der Waals surface area contributed by atoms with E-state index in [1.807, 2.05) is 18.3 Å². The molecule has 4 aromatic heterocycles. The summed E-state index contributed by atoms with van der Waals surface area (Å²) in [6, 6.07) is 95.6. The van der Waals surface area contributed by atoms with E-state index in [2.05, 4.69) is 309 Å². The Morgan fingerprint density at radius 3 is 1.67 bits per heavy atom.